The summed E-state index contributed by atoms with van der Waals surface area (Å²) >= 11 is 9.30. The van der Waals surface area contributed by atoms with Crippen LogP contribution >= 0.6 is 27.5 Å². The highest BCUT2D eigenvalue weighted by Gasteiger charge is 2.16. The lowest BCUT2D eigenvalue weighted by molar-refractivity contribution is 0.103. The van der Waals surface area contributed by atoms with Gasteiger partial charge in [-0.25, -0.2) is 4.39 Å². The van der Waals surface area contributed by atoms with Crippen molar-refractivity contribution in [2.75, 3.05) is 7.11 Å². The molecule has 5 heteroatoms. The maximum atomic E-state index is 13.6. The van der Waals surface area contributed by atoms with Crippen molar-refractivity contribution in [1.82, 2.24) is 0 Å². The van der Waals surface area contributed by atoms with Crippen LogP contribution in [0.15, 0.2) is 40.9 Å². The van der Waals surface area contributed by atoms with Crippen molar-refractivity contribution < 1.29 is 13.9 Å². The third-order valence-corrected chi connectivity index (χ3v) is 3.91. The summed E-state index contributed by atoms with van der Waals surface area (Å²) in [6.07, 6.45) is 0. The number of methoxy groups -OCH3 is 1. The number of ether oxygens (including phenoxy) is 1. The van der Waals surface area contributed by atoms with Crippen molar-refractivity contribution in [1.29, 1.82) is 0 Å². The highest BCUT2D eigenvalue weighted by Crippen LogP contribution is 2.28. The molecule has 0 aliphatic carbocycles. The zero-order chi connectivity index (χ0) is 14.0. The average molecular weight is 344 g/mol. The van der Waals surface area contributed by atoms with Crippen molar-refractivity contribution in [3.8, 4) is 5.75 Å². The topological polar surface area (TPSA) is 26.3 Å². The number of carbonyl (C=O) groups excluding carboxylic acids is 1. The zero-order valence-electron chi connectivity index (χ0n) is 9.91. The van der Waals surface area contributed by atoms with Crippen LogP contribution in [0.2, 0.25) is 5.02 Å². The van der Waals surface area contributed by atoms with Crippen LogP contribution in [-0.2, 0) is 0 Å². The Hall–Kier alpha value is -1.39. The molecule has 0 spiro atoms. The Morgan fingerprint density at radius 3 is 2.68 bits per heavy atom. The lowest BCUT2D eigenvalue weighted by Gasteiger charge is -2.07. The number of hydrogen-bond donors (Lipinski definition) is 0. The van der Waals surface area contributed by atoms with E-state index in [1.54, 1.807) is 18.2 Å². The lowest BCUT2D eigenvalue weighted by atomic mass is 10.0. The highest BCUT2D eigenvalue weighted by atomic mass is 79.9. The van der Waals surface area contributed by atoms with E-state index < -0.39 is 5.82 Å². The van der Waals surface area contributed by atoms with Crippen molar-refractivity contribution in [3.63, 3.8) is 0 Å². The number of ketones is 1. The van der Waals surface area contributed by atoms with Gasteiger partial charge in [0.1, 0.15) is 0 Å². The van der Waals surface area contributed by atoms with Crippen molar-refractivity contribution in [3.05, 3.63) is 62.8 Å². The summed E-state index contributed by atoms with van der Waals surface area (Å²) in [7, 11) is 1.37. The summed E-state index contributed by atoms with van der Waals surface area (Å²) in [5, 5.41) is 0.309. The van der Waals surface area contributed by atoms with Gasteiger partial charge in [0.2, 0.25) is 0 Å². The Bertz CT molecular complexity index is 643. The number of benzene rings is 2. The van der Waals surface area contributed by atoms with Gasteiger partial charge in [0.15, 0.2) is 17.3 Å². The standard InChI is InChI=1S/C14H9BrClFO2/c1-19-12-6-5-8(7-11(12)17)14(18)9-3-2-4-10(15)13(9)16/h2-7H,1H3. The molecule has 0 saturated carbocycles. The van der Waals surface area contributed by atoms with E-state index >= 15 is 0 Å². The summed E-state index contributed by atoms with van der Waals surface area (Å²) in [6, 6.07) is 9.07. The Labute approximate surface area is 123 Å². The first-order valence-corrected chi connectivity index (χ1v) is 6.54. The molecule has 0 atom stereocenters. The predicted molar refractivity (Wildman–Crippen MR) is 75.5 cm³/mol. The van der Waals surface area contributed by atoms with Crippen LogP contribution in [0, 0.1) is 5.82 Å². The molecule has 2 nitrogen and oxygen atoms in total. The molecular weight excluding hydrogens is 335 g/mol. The van der Waals surface area contributed by atoms with Gasteiger partial charge in [-0.3, -0.25) is 4.79 Å². The molecule has 0 saturated heterocycles. The molecule has 0 aliphatic heterocycles. The van der Waals surface area contributed by atoms with E-state index in [0.717, 1.165) is 6.07 Å². The van der Waals surface area contributed by atoms with Crippen LogP contribution < -0.4 is 4.74 Å². The maximum absolute atomic E-state index is 13.6. The van der Waals surface area contributed by atoms with Crippen LogP contribution in [0.4, 0.5) is 4.39 Å². The number of carbonyl (C=O) groups is 1. The van der Waals surface area contributed by atoms with Crippen LogP contribution in [-0.4, -0.2) is 12.9 Å². The summed E-state index contributed by atoms with van der Waals surface area (Å²) in [5.74, 6) is -0.829. The molecule has 0 heterocycles. The summed E-state index contributed by atoms with van der Waals surface area (Å²) in [6.45, 7) is 0. The van der Waals surface area contributed by atoms with Gasteiger partial charge >= 0.3 is 0 Å². The molecule has 2 rings (SSSR count). The molecule has 0 fully saturated rings. The first kappa shape index (κ1) is 14.0. The quantitative estimate of drug-likeness (QED) is 0.768. The molecule has 2 aromatic rings. The maximum Gasteiger partial charge on any atom is 0.194 e. The molecular formula is C14H9BrClFO2. The first-order valence-electron chi connectivity index (χ1n) is 5.37. The average Bonchev–Trinajstić information content (AvgIpc) is 2.41. The Balaban J connectivity index is 2.44. The van der Waals surface area contributed by atoms with Gasteiger partial charge in [-0.2, -0.15) is 0 Å². The van der Waals surface area contributed by atoms with Crippen LogP contribution in [0.1, 0.15) is 15.9 Å². The summed E-state index contributed by atoms with van der Waals surface area (Å²) in [4.78, 5) is 12.3. The Morgan fingerprint density at radius 2 is 2.05 bits per heavy atom. The Kier molecular flexibility index (Phi) is 4.22. The second-order valence-corrected chi connectivity index (χ2v) is 5.01. The highest BCUT2D eigenvalue weighted by molar-refractivity contribution is 9.10. The van der Waals surface area contributed by atoms with Gasteiger partial charge < -0.3 is 4.74 Å². The van der Waals surface area contributed by atoms with Crippen LogP contribution in [0.3, 0.4) is 0 Å². The van der Waals surface area contributed by atoms with E-state index in [-0.39, 0.29) is 17.1 Å². The molecule has 0 aliphatic rings. The van der Waals surface area contributed by atoms with E-state index in [1.165, 1.54) is 19.2 Å². The number of rotatable bonds is 3. The van der Waals surface area contributed by atoms with Crippen molar-refractivity contribution in [2.45, 2.75) is 0 Å². The number of halogens is 3. The third kappa shape index (κ3) is 2.80. The third-order valence-electron chi connectivity index (χ3n) is 2.61. The van der Waals surface area contributed by atoms with Gasteiger partial charge in [0.05, 0.1) is 12.1 Å². The SMILES string of the molecule is COc1ccc(C(=O)c2cccc(Br)c2Cl)cc1F. The minimum Gasteiger partial charge on any atom is -0.494 e. The second-order valence-electron chi connectivity index (χ2n) is 3.78. The molecule has 0 unspecified atom stereocenters. The van der Waals surface area contributed by atoms with Gasteiger partial charge in [0.25, 0.3) is 0 Å². The summed E-state index contributed by atoms with van der Waals surface area (Å²) in [5.41, 5.74) is 0.541. The van der Waals surface area contributed by atoms with Crippen molar-refractivity contribution >= 4 is 33.3 Å². The van der Waals surface area contributed by atoms with E-state index in [9.17, 15) is 9.18 Å². The van der Waals surface area contributed by atoms with Gasteiger partial charge in [-0.1, -0.05) is 17.7 Å². The van der Waals surface area contributed by atoms with Gasteiger partial charge in [0, 0.05) is 15.6 Å². The number of hydrogen-bond acceptors (Lipinski definition) is 2. The molecule has 2 aromatic carbocycles. The molecule has 0 aromatic heterocycles. The van der Waals surface area contributed by atoms with E-state index in [4.69, 9.17) is 16.3 Å². The van der Waals surface area contributed by atoms with E-state index in [2.05, 4.69) is 15.9 Å². The molecule has 0 bridgehead atoms. The minimum atomic E-state index is -0.584. The largest absolute Gasteiger partial charge is 0.494 e. The molecule has 19 heavy (non-hydrogen) atoms. The fourth-order valence-electron chi connectivity index (χ4n) is 1.64. The zero-order valence-corrected chi connectivity index (χ0v) is 12.3. The fraction of sp³-hybridized carbons (Fsp3) is 0.0714. The minimum absolute atomic E-state index is 0.0943. The first-order chi connectivity index (χ1) is 9.04. The smallest absolute Gasteiger partial charge is 0.194 e. The summed E-state index contributed by atoms with van der Waals surface area (Å²) < 4.78 is 19.0. The molecule has 98 valence electrons. The monoisotopic (exact) mass is 342 g/mol. The Morgan fingerprint density at radius 1 is 1.32 bits per heavy atom. The van der Waals surface area contributed by atoms with Crippen molar-refractivity contribution in [2.24, 2.45) is 0 Å². The van der Waals surface area contributed by atoms with E-state index in [1.807, 2.05) is 0 Å². The predicted octanol–water partition coefficient (Wildman–Crippen LogP) is 4.48. The molecule has 0 amide bonds. The normalized spacial score (nSPS) is 10.3. The van der Waals surface area contributed by atoms with Gasteiger partial charge in [-0.15, -0.1) is 0 Å². The fourth-order valence-corrected chi connectivity index (χ4v) is 2.22. The van der Waals surface area contributed by atoms with E-state index in [0.29, 0.717) is 15.1 Å². The molecule has 0 N–H and O–H groups in total. The van der Waals surface area contributed by atoms with Gasteiger partial charge in [-0.05, 0) is 46.3 Å². The van der Waals surface area contributed by atoms with Crippen LogP contribution in [0.5, 0.6) is 5.75 Å². The molecule has 0 radical (unpaired) electrons. The van der Waals surface area contributed by atoms with Crippen LogP contribution in [0.25, 0.3) is 0 Å². The lowest BCUT2D eigenvalue weighted by Crippen LogP contribution is -2.03. The second kappa shape index (κ2) is 5.72.